The van der Waals surface area contributed by atoms with Crippen molar-refractivity contribution in [3.8, 4) is 0 Å². The summed E-state index contributed by atoms with van der Waals surface area (Å²) in [5.74, 6) is -0.459. The molecular formula is C19H19BrN2O2. The molecule has 0 spiro atoms. The Morgan fingerprint density at radius 2 is 1.50 bits per heavy atom. The fourth-order valence-corrected chi connectivity index (χ4v) is 3.55. The third-order valence-electron chi connectivity index (χ3n) is 4.61. The van der Waals surface area contributed by atoms with Gasteiger partial charge in [-0.15, -0.1) is 0 Å². The molecule has 3 rings (SSSR count). The van der Waals surface area contributed by atoms with E-state index in [9.17, 15) is 9.59 Å². The molecule has 0 heterocycles. The van der Waals surface area contributed by atoms with Crippen LogP contribution in [0.15, 0.2) is 59.1 Å². The Morgan fingerprint density at radius 1 is 0.875 bits per heavy atom. The molecule has 1 saturated carbocycles. The van der Waals surface area contributed by atoms with Crippen molar-refractivity contribution in [2.24, 2.45) is 0 Å². The van der Waals surface area contributed by atoms with Crippen LogP contribution in [0.25, 0.3) is 0 Å². The first-order valence-corrected chi connectivity index (χ1v) is 8.83. The zero-order valence-corrected chi connectivity index (χ0v) is 14.8. The van der Waals surface area contributed by atoms with Crippen molar-refractivity contribution in [3.63, 3.8) is 0 Å². The van der Waals surface area contributed by atoms with E-state index in [0.29, 0.717) is 5.56 Å². The van der Waals surface area contributed by atoms with Crippen LogP contribution >= 0.6 is 15.9 Å². The van der Waals surface area contributed by atoms with Crippen LogP contribution in [0.5, 0.6) is 0 Å². The van der Waals surface area contributed by atoms with Crippen molar-refractivity contribution in [1.82, 2.24) is 10.9 Å². The minimum atomic E-state index is -0.565. The number of carbonyl (C=O) groups is 2. The Hall–Kier alpha value is -2.14. The van der Waals surface area contributed by atoms with E-state index >= 15 is 0 Å². The van der Waals surface area contributed by atoms with Gasteiger partial charge in [0.2, 0.25) is 5.91 Å². The predicted octanol–water partition coefficient (Wildman–Crippen LogP) is 3.72. The fourth-order valence-electron chi connectivity index (χ4n) is 3.29. The quantitative estimate of drug-likeness (QED) is 0.789. The van der Waals surface area contributed by atoms with Crippen molar-refractivity contribution < 1.29 is 9.59 Å². The van der Waals surface area contributed by atoms with Gasteiger partial charge >= 0.3 is 0 Å². The van der Waals surface area contributed by atoms with Crippen molar-refractivity contribution in [2.75, 3.05) is 0 Å². The second kappa shape index (κ2) is 7.18. The highest BCUT2D eigenvalue weighted by molar-refractivity contribution is 9.10. The molecule has 2 aromatic carbocycles. The normalized spacial score (nSPS) is 15.7. The summed E-state index contributed by atoms with van der Waals surface area (Å²) in [6.45, 7) is 0. The van der Waals surface area contributed by atoms with Gasteiger partial charge in [-0.1, -0.05) is 59.1 Å². The number of hydrogen-bond donors (Lipinski definition) is 2. The third kappa shape index (κ3) is 3.36. The summed E-state index contributed by atoms with van der Waals surface area (Å²) in [5.41, 5.74) is 6.11. The van der Waals surface area contributed by atoms with E-state index in [4.69, 9.17) is 0 Å². The van der Waals surface area contributed by atoms with Crippen LogP contribution in [0.3, 0.4) is 0 Å². The average molecular weight is 387 g/mol. The minimum absolute atomic E-state index is 0.147. The van der Waals surface area contributed by atoms with Crippen LogP contribution in [-0.4, -0.2) is 11.8 Å². The summed E-state index contributed by atoms with van der Waals surface area (Å²) in [4.78, 5) is 25.0. The lowest BCUT2D eigenvalue weighted by Crippen LogP contribution is -2.50. The van der Waals surface area contributed by atoms with Crippen LogP contribution < -0.4 is 10.9 Å². The molecule has 2 amide bonds. The first kappa shape index (κ1) is 16.7. The topological polar surface area (TPSA) is 58.2 Å². The Bertz CT molecular complexity index is 723. The molecule has 0 bridgehead atoms. The number of carbonyl (C=O) groups excluding carboxylic acids is 2. The molecule has 0 unspecified atom stereocenters. The van der Waals surface area contributed by atoms with Gasteiger partial charge in [-0.2, -0.15) is 0 Å². The van der Waals surface area contributed by atoms with Gasteiger partial charge in [0.15, 0.2) is 0 Å². The molecule has 0 saturated heterocycles. The lowest BCUT2D eigenvalue weighted by Gasteiger charge is -2.28. The van der Waals surface area contributed by atoms with Crippen molar-refractivity contribution in [3.05, 3.63) is 70.2 Å². The van der Waals surface area contributed by atoms with E-state index < -0.39 is 5.41 Å². The smallest absolute Gasteiger partial charge is 0.269 e. The van der Waals surface area contributed by atoms with Gasteiger partial charge in [-0.25, -0.2) is 0 Å². The molecule has 0 aliphatic heterocycles. The van der Waals surface area contributed by atoms with E-state index in [0.717, 1.165) is 35.7 Å². The maximum atomic E-state index is 12.9. The number of hydrogen-bond acceptors (Lipinski definition) is 2. The van der Waals surface area contributed by atoms with Gasteiger partial charge in [0.05, 0.1) is 5.41 Å². The Kier molecular flexibility index (Phi) is 5.00. The Morgan fingerprint density at radius 3 is 2.12 bits per heavy atom. The summed E-state index contributed by atoms with van der Waals surface area (Å²) >= 11 is 3.43. The molecule has 4 nitrogen and oxygen atoms in total. The van der Waals surface area contributed by atoms with Crippen molar-refractivity contribution in [1.29, 1.82) is 0 Å². The van der Waals surface area contributed by atoms with Gasteiger partial charge in [0, 0.05) is 10.0 Å². The van der Waals surface area contributed by atoms with E-state index in [-0.39, 0.29) is 11.8 Å². The molecule has 1 aliphatic rings. The summed E-state index contributed by atoms with van der Waals surface area (Å²) in [6.07, 6.45) is 3.61. The van der Waals surface area contributed by atoms with E-state index in [1.165, 1.54) is 0 Å². The number of benzene rings is 2. The number of amides is 2. The molecule has 0 aromatic heterocycles. The second-order valence-electron chi connectivity index (χ2n) is 6.07. The third-order valence-corrected chi connectivity index (χ3v) is 5.14. The zero-order valence-electron chi connectivity index (χ0n) is 13.2. The van der Waals surface area contributed by atoms with Crippen LogP contribution in [0.2, 0.25) is 0 Å². The van der Waals surface area contributed by atoms with Crippen molar-refractivity contribution in [2.45, 2.75) is 31.1 Å². The van der Waals surface area contributed by atoms with Crippen LogP contribution in [0, 0.1) is 0 Å². The van der Waals surface area contributed by atoms with E-state index in [2.05, 4.69) is 26.8 Å². The summed E-state index contributed by atoms with van der Waals surface area (Å²) in [6, 6.07) is 16.7. The van der Waals surface area contributed by atoms with Crippen LogP contribution in [0.1, 0.15) is 41.6 Å². The average Bonchev–Trinajstić information content (AvgIpc) is 3.12. The predicted molar refractivity (Wildman–Crippen MR) is 96.3 cm³/mol. The summed E-state index contributed by atoms with van der Waals surface area (Å²) in [5, 5.41) is 0. The molecule has 2 N–H and O–H groups in total. The van der Waals surface area contributed by atoms with Crippen molar-refractivity contribution >= 4 is 27.7 Å². The fraction of sp³-hybridized carbons (Fsp3) is 0.263. The highest BCUT2D eigenvalue weighted by Gasteiger charge is 2.42. The molecule has 2 aromatic rings. The van der Waals surface area contributed by atoms with Gasteiger partial charge in [0.25, 0.3) is 5.91 Å². The number of halogens is 1. The largest absolute Gasteiger partial charge is 0.272 e. The van der Waals surface area contributed by atoms with E-state index in [1.54, 1.807) is 24.3 Å². The first-order chi connectivity index (χ1) is 11.6. The summed E-state index contributed by atoms with van der Waals surface area (Å²) < 4.78 is 0.984. The Balaban J connectivity index is 1.73. The standard InChI is InChI=1S/C19H19BrN2O2/c20-16-10-8-15(9-11-16)19(12-4-5-13-19)18(24)22-21-17(23)14-6-2-1-3-7-14/h1-3,6-11H,4-5,12-13H2,(H,21,23)(H,22,24). The maximum absolute atomic E-state index is 12.9. The number of nitrogens with one attached hydrogen (secondary N) is 2. The van der Waals surface area contributed by atoms with E-state index in [1.807, 2.05) is 30.3 Å². The summed E-state index contributed by atoms with van der Waals surface area (Å²) in [7, 11) is 0. The van der Waals surface area contributed by atoms with Gasteiger partial charge in [-0.3, -0.25) is 20.4 Å². The highest BCUT2D eigenvalue weighted by Crippen LogP contribution is 2.41. The monoisotopic (exact) mass is 386 g/mol. The lowest BCUT2D eigenvalue weighted by atomic mass is 9.78. The second-order valence-corrected chi connectivity index (χ2v) is 6.99. The van der Waals surface area contributed by atoms with Crippen LogP contribution in [0.4, 0.5) is 0 Å². The van der Waals surface area contributed by atoms with Gasteiger partial charge in [-0.05, 0) is 42.7 Å². The molecule has 0 radical (unpaired) electrons. The lowest BCUT2D eigenvalue weighted by molar-refractivity contribution is -0.127. The zero-order chi connectivity index (χ0) is 17.0. The first-order valence-electron chi connectivity index (χ1n) is 8.04. The molecule has 5 heteroatoms. The SMILES string of the molecule is O=C(NNC(=O)C1(c2ccc(Br)cc2)CCCC1)c1ccccc1. The Labute approximate surface area is 149 Å². The molecule has 1 aliphatic carbocycles. The van der Waals surface area contributed by atoms with Crippen LogP contribution in [-0.2, 0) is 10.2 Å². The molecule has 124 valence electrons. The molecular weight excluding hydrogens is 368 g/mol. The number of hydrazine groups is 1. The molecule has 24 heavy (non-hydrogen) atoms. The molecule has 1 fully saturated rings. The maximum Gasteiger partial charge on any atom is 0.269 e. The van der Waals surface area contributed by atoms with Gasteiger partial charge in [0.1, 0.15) is 0 Å². The molecule has 0 atom stereocenters. The highest BCUT2D eigenvalue weighted by atomic mass is 79.9. The number of rotatable bonds is 3. The minimum Gasteiger partial charge on any atom is -0.272 e. The van der Waals surface area contributed by atoms with Gasteiger partial charge < -0.3 is 0 Å².